The van der Waals surface area contributed by atoms with Crippen molar-refractivity contribution in [3.63, 3.8) is 0 Å². The summed E-state index contributed by atoms with van der Waals surface area (Å²) in [6, 6.07) is 15.0. The molecule has 6 nitrogen and oxygen atoms in total. The lowest BCUT2D eigenvalue weighted by molar-refractivity contribution is -0.133. The molecule has 1 aliphatic rings. The third-order valence-corrected chi connectivity index (χ3v) is 5.12. The zero-order valence-electron chi connectivity index (χ0n) is 15.6. The Hall–Kier alpha value is -2.73. The van der Waals surface area contributed by atoms with Crippen LogP contribution in [0.3, 0.4) is 0 Å². The van der Waals surface area contributed by atoms with E-state index in [1.54, 1.807) is 6.92 Å². The summed E-state index contributed by atoms with van der Waals surface area (Å²) < 4.78 is 5.08. The second kappa shape index (κ2) is 7.88. The SMILES string of the molecule is Cc1noc(CCC(=O)N2CCN(Cc3cccc4ccccc34)CC2)n1. The number of nitrogens with zero attached hydrogens (tertiary/aromatic N) is 4. The molecule has 4 rings (SSSR count). The minimum atomic E-state index is 0.163. The lowest BCUT2D eigenvalue weighted by atomic mass is 10.0. The van der Waals surface area contributed by atoms with Crippen molar-refractivity contribution in [3.05, 3.63) is 59.7 Å². The number of aromatic nitrogens is 2. The number of carbonyl (C=O) groups is 1. The summed E-state index contributed by atoms with van der Waals surface area (Å²) in [6.45, 7) is 6.04. The van der Waals surface area contributed by atoms with Crippen LogP contribution >= 0.6 is 0 Å². The van der Waals surface area contributed by atoms with Crippen molar-refractivity contribution in [3.8, 4) is 0 Å². The highest BCUT2D eigenvalue weighted by Crippen LogP contribution is 2.20. The maximum atomic E-state index is 12.4. The normalized spacial score (nSPS) is 15.4. The van der Waals surface area contributed by atoms with Crippen molar-refractivity contribution >= 4 is 16.7 Å². The Morgan fingerprint density at radius 2 is 1.85 bits per heavy atom. The van der Waals surface area contributed by atoms with E-state index in [0.29, 0.717) is 24.6 Å². The van der Waals surface area contributed by atoms with E-state index in [4.69, 9.17) is 4.52 Å². The van der Waals surface area contributed by atoms with Gasteiger partial charge in [-0.25, -0.2) is 0 Å². The van der Waals surface area contributed by atoms with E-state index in [-0.39, 0.29) is 5.91 Å². The van der Waals surface area contributed by atoms with E-state index in [9.17, 15) is 4.79 Å². The molecule has 1 aliphatic heterocycles. The Balaban J connectivity index is 1.30. The monoisotopic (exact) mass is 364 g/mol. The first-order chi connectivity index (χ1) is 13.2. The number of carbonyl (C=O) groups excluding carboxylic acids is 1. The Morgan fingerprint density at radius 3 is 2.63 bits per heavy atom. The van der Waals surface area contributed by atoms with Crippen molar-refractivity contribution < 1.29 is 9.32 Å². The van der Waals surface area contributed by atoms with Crippen molar-refractivity contribution in [1.29, 1.82) is 0 Å². The number of benzene rings is 2. The molecular formula is C21H24N4O2. The molecule has 2 aromatic carbocycles. The molecule has 2 heterocycles. The van der Waals surface area contributed by atoms with Gasteiger partial charge in [-0.05, 0) is 23.3 Å². The molecule has 6 heteroatoms. The highest BCUT2D eigenvalue weighted by Gasteiger charge is 2.21. The summed E-state index contributed by atoms with van der Waals surface area (Å²) in [6.07, 6.45) is 0.931. The molecule has 1 amide bonds. The minimum Gasteiger partial charge on any atom is -0.340 e. The van der Waals surface area contributed by atoms with Gasteiger partial charge in [0.1, 0.15) is 0 Å². The van der Waals surface area contributed by atoms with E-state index in [1.165, 1.54) is 16.3 Å². The maximum absolute atomic E-state index is 12.4. The van der Waals surface area contributed by atoms with E-state index >= 15 is 0 Å². The number of hydrogen-bond acceptors (Lipinski definition) is 5. The van der Waals surface area contributed by atoms with Crippen LogP contribution in [0.2, 0.25) is 0 Å². The molecule has 0 aliphatic carbocycles. The topological polar surface area (TPSA) is 62.5 Å². The number of amides is 1. The summed E-state index contributed by atoms with van der Waals surface area (Å²) >= 11 is 0. The van der Waals surface area contributed by atoms with Gasteiger partial charge < -0.3 is 9.42 Å². The predicted molar refractivity (Wildman–Crippen MR) is 103 cm³/mol. The zero-order valence-corrected chi connectivity index (χ0v) is 15.6. The van der Waals surface area contributed by atoms with Gasteiger partial charge in [-0.2, -0.15) is 4.98 Å². The van der Waals surface area contributed by atoms with Crippen molar-refractivity contribution in [2.75, 3.05) is 26.2 Å². The van der Waals surface area contributed by atoms with Gasteiger partial charge in [-0.3, -0.25) is 9.69 Å². The van der Waals surface area contributed by atoms with Gasteiger partial charge in [0.15, 0.2) is 5.82 Å². The maximum Gasteiger partial charge on any atom is 0.227 e. The van der Waals surface area contributed by atoms with E-state index in [1.807, 2.05) is 4.90 Å². The van der Waals surface area contributed by atoms with E-state index in [0.717, 1.165) is 32.7 Å². The lowest BCUT2D eigenvalue weighted by Gasteiger charge is -2.35. The highest BCUT2D eigenvalue weighted by molar-refractivity contribution is 5.85. The molecule has 0 spiro atoms. The summed E-state index contributed by atoms with van der Waals surface area (Å²) in [5.74, 6) is 1.31. The quantitative estimate of drug-likeness (QED) is 0.697. The van der Waals surface area contributed by atoms with Crippen LogP contribution in [0.4, 0.5) is 0 Å². The molecule has 0 N–H and O–H groups in total. The fourth-order valence-corrected chi connectivity index (χ4v) is 3.64. The second-order valence-corrected chi connectivity index (χ2v) is 7.03. The van der Waals surface area contributed by atoms with Crippen LogP contribution in [0.15, 0.2) is 47.0 Å². The van der Waals surface area contributed by atoms with Crippen molar-refractivity contribution in [2.45, 2.75) is 26.3 Å². The predicted octanol–water partition coefficient (Wildman–Crippen LogP) is 2.81. The Bertz CT molecular complexity index is 923. The van der Waals surface area contributed by atoms with Crippen LogP contribution < -0.4 is 0 Å². The van der Waals surface area contributed by atoms with E-state index < -0.39 is 0 Å². The largest absolute Gasteiger partial charge is 0.340 e. The van der Waals surface area contributed by atoms with Gasteiger partial charge in [0.2, 0.25) is 11.8 Å². The number of hydrogen-bond donors (Lipinski definition) is 0. The molecule has 0 unspecified atom stereocenters. The third kappa shape index (κ3) is 4.17. The van der Waals surface area contributed by atoms with Gasteiger partial charge in [0, 0.05) is 45.6 Å². The van der Waals surface area contributed by atoms with Gasteiger partial charge in [0.25, 0.3) is 0 Å². The molecule has 0 bridgehead atoms. The number of piperazine rings is 1. The number of rotatable bonds is 5. The fraction of sp³-hybridized carbons (Fsp3) is 0.381. The summed E-state index contributed by atoms with van der Waals surface area (Å²) in [4.78, 5) is 21.0. The smallest absolute Gasteiger partial charge is 0.227 e. The molecule has 0 radical (unpaired) electrons. The molecule has 0 atom stereocenters. The zero-order chi connectivity index (χ0) is 18.6. The van der Waals surface area contributed by atoms with Gasteiger partial charge in [-0.1, -0.05) is 47.6 Å². The molecule has 140 valence electrons. The number of fused-ring (bicyclic) bond motifs is 1. The first kappa shape index (κ1) is 17.7. The minimum absolute atomic E-state index is 0.163. The lowest BCUT2D eigenvalue weighted by Crippen LogP contribution is -2.48. The molecule has 27 heavy (non-hydrogen) atoms. The van der Waals surface area contributed by atoms with Crippen LogP contribution in [-0.2, 0) is 17.8 Å². The molecule has 1 saturated heterocycles. The molecular weight excluding hydrogens is 340 g/mol. The van der Waals surface area contributed by atoms with Crippen LogP contribution in [0, 0.1) is 6.92 Å². The summed E-state index contributed by atoms with van der Waals surface area (Å²) in [7, 11) is 0. The van der Waals surface area contributed by atoms with Gasteiger partial charge >= 0.3 is 0 Å². The van der Waals surface area contributed by atoms with Crippen LogP contribution in [0.25, 0.3) is 10.8 Å². The third-order valence-electron chi connectivity index (χ3n) is 5.12. The summed E-state index contributed by atoms with van der Waals surface area (Å²) in [5, 5.41) is 6.35. The van der Waals surface area contributed by atoms with Crippen molar-refractivity contribution in [2.24, 2.45) is 0 Å². The van der Waals surface area contributed by atoms with Gasteiger partial charge in [-0.15, -0.1) is 0 Å². The van der Waals surface area contributed by atoms with Crippen LogP contribution in [-0.4, -0.2) is 52.0 Å². The molecule has 1 aromatic heterocycles. The molecule has 1 fully saturated rings. The molecule has 0 saturated carbocycles. The Kier molecular flexibility index (Phi) is 5.16. The van der Waals surface area contributed by atoms with Crippen LogP contribution in [0.1, 0.15) is 23.7 Å². The fourth-order valence-electron chi connectivity index (χ4n) is 3.64. The molecule has 3 aromatic rings. The van der Waals surface area contributed by atoms with Crippen molar-refractivity contribution in [1.82, 2.24) is 19.9 Å². The average Bonchev–Trinajstić information content (AvgIpc) is 3.12. The first-order valence-electron chi connectivity index (χ1n) is 9.45. The first-order valence-corrected chi connectivity index (χ1v) is 9.45. The van der Waals surface area contributed by atoms with Gasteiger partial charge in [0.05, 0.1) is 0 Å². The average molecular weight is 364 g/mol. The second-order valence-electron chi connectivity index (χ2n) is 7.03. The van der Waals surface area contributed by atoms with E-state index in [2.05, 4.69) is 57.5 Å². The number of aryl methyl sites for hydroxylation is 2. The Morgan fingerprint density at radius 1 is 1.07 bits per heavy atom. The van der Waals surface area contributed by atoms with Crippen LogP contribution in [0.5, 0.6) is 0 Å². The Labute approximate surface area is 158 Å². The standard InChI is InChI=1S/C21H24N4O2/c1-16-22-20(27-23-16)9-10-21(26)25-13-11-24(12-14-25)15-18-7-4-6-17-5-2-3-8-19(17)18/h2-8H,9-15H2,1H3. The summed E-state index contributed by atoms with van der Waals surface area (Å²) in [5.41, 5.74) is 1.35. The highest BCUT2D eigenvalue weighted by atomic mass is 16.5.